The van der Waals surface area contributed by atoms with Gasteiger partial charge < -0.3 is 14.5 Å². The van der Waals surface area contributed by atoms with E-state index >= 15 is 0 Å². The zero-order valence-electron chi connectivity index (χ0n) is 17.8. The largest absolute Gasteiger partial charge is 0.450 e. The van der Waals surface area contributed by atoms with E-state index < -0.39 is 0 Å². The van der Waals surface area contributed by atoms with Crippen LogP contribution in [0.5, 0.6) is 0 Å². The number of likely N-dealkylation sites (tertiary alicyclic amines) is 1. The van der Waals surface area contributed by atoms with Crippen LogP contribution in [0.4, 0.5) is 14.9 Å². The van der Waals surface area contributed by atoms with Gasteiger partial charge in [0, 0.05) is 67.7 Å². The first-order valence-corrected chi connectivity index (χ1v) is 11.9. The van der Waals surface area contributed by atoms with Crippen LogP contribution < -0.4 is 4.90 Å². The third-order valence-electron chi connectivity index (χ3n) is 6.97. The molecule has 0 bridgehead atoms. The number of halogens is 1. The Bertz CT molecular complexity index is 926. The van der Waals surface area contributed by atoms with E-state index in [0.29, 0.717) is 12.6 Å². The Balaban J connectivity index is 1.19. The van der Waals surface area contributed by atoms with Crippen LogP contribution in [0, 0.1) is 11.2 Å². The number of carbonyl (C=O) groups excluding carboxylic acids is 1. The highest BCUT2D eigenvalue weighted by Gasteiger charge is 2.51. The molecular weight excluding hydrogens is 417 g/mol. The Morgan fingerprint density at radius 2 is 2.10 bits per heavy atom. The van der Waals surface area contributed by atoms with Crippen LogP contribution in [0.2, 0.25) is 0 Å². The van der Waals surface area contributed by atoms with E-state index in [-0.39, 0.29) is 17.3 Å². The molecule has 5 rings (SSSR count). The van der Waals surface area contributed by atoms with Crippen LogP contribution in [0.15, 0.2) is 23.8 Å². The molecule has 1 aliphatic carbocycles. The van der Waals surface area contributed by atoms with Crippen molar-refractivity contribution in [1.82, 2.24) is 19.2 Å². The lowest BCUT2D eigenvalue weighted by molar-refractivity contribution is -0.00294. The van der Waals surface area contributed by atoms with E-state index in [1.54, 1.807) is 12.3 Å². The van der Waals surface area contributed by atoms with Crippen molar-refractivity contribution in [2.24, 2.45) is 5.41 Å². The summed E-state index contributed by atoms with van der Waals surface area (Å²) in [5.41, 5.74) is 2.88. The number of pyridine rings is 1. The number of rotatable bonds is 4. The van der Waals surface area contributed by atoms with Gasteiger partial charge in [0.15, 0.2) is 0 Å². The summed E-state index contributed by atoms with van der Waals surface area (Å²) < 4.78 is 23.3. The Hall–Kier alpha value is -2.26. The standard InChI is InChI=1S/C22H28FN5O2S/c1-2-30-21(29)28-14-22(15-28)4-3-18(10-22)26-5-7-27(8-6-26)19-9-17(23)12-24-20(19)16-11-25-31-13-16/h9,11-13,18H,2-8,10,14-15H2,1H3/t18-/m1/s1. The van der Waals surface area contributed by atoms with E-state index in [2.05, 4.69) is 19.2 Å². The summed E-state index contributed by atoms with van der Waals surface area (Å²) in [6.07, 6.45) is 6.41. The molecule has 7 nitrogen and oxygen atoms in total. The molecule has 0 N–H and O–H groups in total. The third kappa shape index (κ3) is 4.01. The molecule has 0 aromatic carbocycles. The zero-order chi connectivity index (χ0) is 21.4. The molecule has 3 aliphatic rings. The van der Waals surface area contributed by atoms with Crippen molar-refractivity contribution in [3.63, 3.8) is 0 Å². The quantitative estimate of drug-likeness (QED) is 0.718. The molecule has 9 heteroatoms. The number of piperazine rings is 1. The molecule has 2 aliphatic heterocycles. The first-order valence-electron chi connectivity index (χ1n) is 11.0. The van der Waals surface area contributed by atoms with Gasteiger partial charge in [-0.3, -0.25) is 9.88 Å². The minimum atomic E-state index is -0.307. The van der Waals surface area contributed by atoms with Gasteiger partial charge in [0.2, 0.25) is 0 Å². The highest BCUT2D eigenvalue weighted by molar-refractivity contribution is 7.03. The van der Waals surface area contributed by atoms with Crippen LogP contribution in [0.1, 0.15) is 26.2 Å². The van der Waals surface area contributed by atoms with E-state index in [1.165, 1.54) is 30.6 Å². The third-order valence-corrected chi connectivity index (χ3v) is 7.55. The van der Waals surface area contributed by atoms with Crippen molar-refractivity contribution >= 4 is 23.3 Å². The van der Waals surface area contributed by atoms with Gasteiger partial charge in [-0.15, -0.1) is 0 Å². The molecule has 0 unspecified atom stereocenters. The molecule has 0 radical (unpaired) electrons. The van der Waals surface area contributed by atoms with Gasteiger partial charge in [-0.25, -0.2) is 13.6 Å². The number of aromatic nitrogens is 2. The Labute approximate surface area is 186 Å². The van der Waals surface area contributed by atoms with Crippen molar-refractivity contribution in [2.75, 3.05) is 50.8 Å². The molecule has 2 aromatic heterocycles. The predicted molar refractivity (Wildman–Crippen MR) is 118 cm³/mol. The normalized spacial score (nSPS) is 23.2. The minimum absolute atomic E-state index is 0.175. The molecule has 3 fully saturated rings. The number of nitrogens with zero attached hydrogens (tertiary/aromatic N) is 5. The molecule has 166 valence electrons. The lowest BCUT2D eigenvalue weighted by Crippen LogP contribution is -2.58. The summed E-state index contributed by atoms with van der Waals surface area (Å²) in [6.45, 7) is 7.56. The fraction of sp³-hybridized carbons (Fsp3) is 0.591. The van der Waals surface area contributed by atoms with Crippen molar-refractivity contribution < 1.29 is 13.9 Å². The van der Waals surface area contributed by atoms with Crippen molar-refractivity contribution in [1.29, 1.82) is 0 Å². The summed E-state index contributed by atoms with van der Waals surface area (Å²) in [6, 6.07) is 2.16. The highest BCUT2D eigenvalue weighted by atomic mass is 32.1. The fourth-order valence-corrected chi connectivity index (χ4v) is 5.95. The lowest BCUT2D eigenvalue weighted by atomic mass is 9.78. The number of hydrogen-bond acceptors (Lipinski definition) is 7. The van der Waals surface area contributed by atoms with Gasteiger partial charge in [0.25, 0.3) is 0 Å². The van der Waals surface area contributed by atoms with Gasteiger partial charge in [0.1, 0.15) is 5.82 Å². The smallest absolute Gasteiger partial charge is 0.409 e. The van der Waals surface area contributed by atoms with E-state index in [0.717, 1.165) is 62.6 Å². The highest BCUT2D eigenvalue weighted by Crippen LogP contribution is 2.47. The number of carbonyl (C=O) groups is 1. The van der Waals surface area contributed by atoms with Gasteiger partial charge in [-0.1, -0.05) is 0 Å². The second-order valence-corrected chi connectivity index (χ2v) is 9.57. The molecule has 2 saturated heterocycles. The number of hydrogen-bond donors (Lipinski definition) is 0. The predicted octanol–water partition coefficient (Wildman–Crippen LogP) is 3.48. The first-order chi connectivity index (χ1) is 15.1. The maximum Gasteiger partial charge on any atom is 0.409 e. The summed E-state index contributed by atoms with van der Waals surface area (Å²) in [5.74, 6) is -0.307. The average molecular weight is 446 g/mol. The number of ether oxygens (including phenoxy) is 1. The number of amides is 1. The molecule has 1 saturated carbocycles. The Morgan fingerprint density at radius 1 is 1.29 bits per heavy atom. The number of anilines is 1. The molecule has 1 amide bonds. The maximum atomic E-state index is 14.0. The molecule has 2 aromatic rings. The molecule has 4 heterocycles. The van der Waals surface area contributed by atoms with Gasteiger partial charge in [0.05, 0.1) is 30.4 Å². The minimum Gasteiger partial charge on any atom is -0.450 e. The summed E-state index contributed by atoms with van der Waals surface area (Å²) in [4.78, 5) is 22.9. The Kier molecular flexibility index (Phi) is 5.56. The molecular formula is C22H28FN5O2S. The van der Waals surface area contributed by atoms with Crippen LogP contribution >= 0.6 is 11.5 Å². The van der Waals surface area contributed by atoms with Gasteiger partial charge >= 0.3 is 6.09 Å². The molecule has 1 atom stereocenters. The van der Waals surface area contributed by atoms with E-state index in [9.17, 15) is 9.18 Å². The SMILES string of the molecule is CCOC(=O)N1CC2(CC[C@@H](N3CCN(c4cc(F)cnc4-c4cnsc4)CC3)C2)C1. The second kappa shape index (κ2) is 8.35. The average Bonchev–Trinajstić information content (AvgIpc) is 3.43. The summed E-state index contributed by atoms with van der Waals surface area (Å²) in [5, 5.41) is 1.95. The molecule has 1 spiro atoms. The van der Waals surface area contributed by atoms with Gasteiger partial charge in [-0.2, -0.15) is 0 Å². The summed E-state index contributed by atoms with van der Waals surface area (Å²) >= 11 is 1.38. The first kappa shape index (κ1) is 20.6. The Morgan fingerprint density at radius 3 is 2.81 bits per heavy atom. The topological polar surface area (TPSA) is 61.8 Å². The maximum absolute atomic E-state index is 14.0. The zero-order valence-corrected chi connectivity index (χ0v) is 18.6. The van der Waals surface area contributed by atoms with Crippen LogP contribution in [0.3, 0.4) is 0 Å². The van der Waals surface area contributed by atoms with Crippen LogP contribution in [-0.4, -0.2) is 77.2 Å². The van der Waals surface area contributed by atoms with Crippen molar-refractivity contribution in [3.8, 4) is 11.3 Å². The van der Waals surface area contributed by atoms with E-state index in [1.807, 2.05) is 17.2 Å². The van der Waals surface area contributed by atoms with E-state index in [4.69, 9.17) is 4.74 Å². The van der Waals surface area contributed by atoms with Crippen molar-refractivity contribution in [3.05, 3.63) is 29.7 Å². The van der Waals surface area contributed by atoms with Crippen LogP contribution in [-0.2, 0) is 4.74 Å². The van der Waals surface area contributed by atoms with Gasteiger partial charge in [-0.05, 0) is 37.7 Å². The molecule has 31 heavy (non-hydrogen) atoms. The van der Waals surface area contributed by atoms with Crippen LogP contribution in [0.25, 0.3) is 11.3 Å². The fourth-order valence-electron chi connectivity index (χ4n) is 5.42. The second-order valence-electron chi connectivity index (χ2n) is 8.91. The summed E-state index contributed by atoms with van der Waals surface area (Å²) in [7, 11) is 0. The monoisotopic (exact) mass is 445 g/mol. The van der Waals surface area contributed by atoms with Crippen molar-refractivity contribution in [2.45, 2.75) is 32.2 Å². The lowest BCUT2D eigenvalue weighted by Gasteiger charge is -2.48.